The third-order valence-electron chi connectivity index (χ3n) is 6.42. The highest BCUT2D eigenvalue weighted by Gasteiger charge is 2.62. The summed E-state index contributed by atoms with van der Waals surface area (Å²) < 4.78 is 4.66. The van der Waals surface area contributed by atoms with E-state index in [4.69, 9.17) is 0 Å². The first-order valence-corrected chi connectivity index (χ1v) is 9.07. The van der Waals surface area contributed by atoms with E-state index in [0.29, 0.717) is 18.8 Å². The largest absolute Gasteiger partial charge is 0.453 e. The lowest BCUT2D eigenvalue weighted by atomic mass is 9.69. The summed E-state index contributed by atoms with van der Waals surface area (Å²) in [6, 6.07) is 8.79. The third-order valence-corrected chi connectivity index (χ3v) is 6.42. The summed E-state index contributed by atoms with van der Waals surface area (Å²) in [4.78, 5) is 26.3. The molecule has 0 aromatic heterocycles. The monoisotopic (exact) mass is 342 g/mol. The molecule has 3 aliphatic rings. The highest BCUT2D eigenvalue weighted by molar-refractivity contribution is 5.82. The Morgan fingerprint density at radius 1 is 1.20 bits per heavy atom. The molecule has 134 valence electrons. The number of nitrogens with zero attached hydrogens (tertiary/aromatic N) is 1. The van der Waals surface area contributed by atoms with Crippen molar-refractivity contribution in [2.45, 2.75) is 44.1 Å². The smallest absolute Gasteiger partial charge is 0.407 e. The Morgan fingerprint density at radius 3 is 2.52 bits per heavy atom. The average molecular weight is 342 g/mol. The predicted octanol–water partition coefficient (Wildman–Crippen LogP) is 2.62. The molecule has 1 aromatic carbocycles. The summed E-state index contributed by atoms with van der Waals surface area (Å²) in [6.45, 7) is 5.80. The zero-order valence-corrected chi connectivity index (χ0v) is 15.2. The van der Waals surface area contributed by atoms with Gasteiger partial charge in [-0.05, 0) is 44.6 Å². The Balaban J connectivity index is 1.37. The van der Waals surface area contributed by atoms with Gasteiger partial charge in [-0.3, -0.25) is 4.79 Å². The number of ether oxygens (including phenoxy) is 1. The first-order chi connectivity index (χ1) is 11.8. The molecule has 0 bridgehead atoms. The molecule has 2 atom stereocenters. The SMILES string of the molecule is COC(=O)NC1(C)CC(C(=O)N2C[C@@H]3C[C@]3(c3ccc(C)cc3)C2)C1. The van der Waals surface area contributed by atoms with Crippen LogP contribution in [-0.4, -0.2) is 42.6 Å². The number of carbonyl (C=O) groups is 2. The molecule has 0 radical (unpaired) electrons. The van der Waals surface area contributed by atoms with Crippen LogP contribution in [0.1, 0.15) is 37.3 Å². The maximum absolute atomic E-state index is 12.8. The molecule has 1 aromatic rings. The minimum atomic E-state index is -0.422. The van der Waals surface area contributed by atoms with Gasteiger partial charge in [0.1, 0.15) is 0 Å². The van der Waals surface area contributed by atoms with E-state index in [1.54, 1.807) is 0 Å². The van der Waals surface area contributed by atoms with Crippen LogP contribution in [0.4, 0.5) is 4.79 Å². The molecule has 1 saturated heterocycles. The van der Waals surface area contributed by atoms with E-state index in [1.165, 1.54) is 24.7 Å². The van der Waals surface area contributed by atoms with Crippen molar-refractivity contribution >= 4 is 12.0 Å². The van der Waals surface area contributed by atoms with Gasteiger partial charge < -0.3 is 15.0 Å². The Kier molecular flexibility index (Phi) is 3.60. The van der Waals surface area contributed by atoms with Crippen LogP contribution in [0.25, 0.3) is 0 Å². The highest BCUT2D eigenvalue weighted by atomic mass is 16.5. The maximum Gasteiger partial charge on any atom is 0.407 e. The molecule has 0 unspecified atom stereocenters. The van der Waals surface area contributed by atoms with Gasteiger partial charge in [0.25, 0.3) is 0 Å². The first kappa shape index (κ1) is 16.4. The van der Waals surface area contributed by atoms with Crippen LogP contribution in [0.2, 0.25) is 0 Å². The summed E-state index contributed by atoms with van der Waals surface area (Å²) in [7, 11) is 1.36. The minimum absolute atomic E-state index is 0.0229. The highest BCUT2D eigenvalue weighted by Crippen LogP contribution is 2.59. The van der Waals surface area contributed by atoms with Crippen molar-refractivity contribution in [1.82, 2.24) is 10.2 Å². The number of benzene rings is 1. The number of amides is 2. The van der Waals surface area contributed by atoms with Crippen LogP contribution in [-0.2, 0) is 14.9 Å². The van der Waals surface area contributed by atoms with Crippen molar-refractivity contribution in [3.8, 4) is 0 Å². The fraction of sp³-hybridized carbons (Fsp3) is 0.600. The van der Waals surface area contributed by atoms with Crippen LogP contribution < -0.4 is 5.32 Å². The van der Waals surface area contributed by atoms with Crippen molar-refractivity contribution in [3.63, 3.8) is 0 Å². The second kappa shape index (κ2) is 5.48. The minimum Gasteiger partial charge on any atom is -0.453 e. The van der Waals surface area contributed by atoms with Gasteiger partial charge in [-0.2, -0.15) is 0 Å². The van der Waals surface area contributed by atoms with Crippen LogP contribution in [0.3, 0.4) is 0 Å². The van der Waals surface area contributed by atoms with Crippen LogP contribution in [0.5, 0.6) is 0 Å². The van der Waals surface area contributed by atoms with E-state index in [0.717, 1.165) is 13.1 Å². The molecular formula is C20H26N2O3. The van der Waals surface area contributed by atoms with Gasteiger partial charge in [0, 0.05) is 30.0 Å². The number of rotatable bonds is 3. The Morgan fingerprint density at radius 2 is 1.88 bits per heavy atom. The molecule has 2 amide bonds. The standard InChI is InChI=1S/C20H26N2O3/c1-13-4-6-15(7-5-13)20-10-16(20)11-22(12-20)17(23)14-8-19(2,9-14)21-18(24)25-3/h4-7,14,16H,8-12H2,1-3H3,(H,21,24)/t14?,16-,19?,20+/m0/s1. The Labute approximate surface area is 148 Å². The van der Waals surface area contributed by atoms with Gasteiger partial charge in [0.2, 0.25) is 5.91 Å². The number of alkyl carbamates (subject to hydrolysis) is 1. The normalized spacial score (nSPS) is 35.6. The number of nitrogens with one attached hydrogen (secondary N) is 1. The van der Waals surface area contributed by atoms with Gasteiger partial charge >= 0.3 is 6.09 Å². The van der Waals surface area contributed by atoms with E-state index in [1.807, 2.05) is 6.92 Å². The van der Waals surface area contributed by atoms with Crippen molar-refractivity contribution in [3.05, 3.63) is 35.4 Å². The number of likely N-dealkylation sites (tertiary alicyclic amines) is 1. The molecule has 1 heterocycles. The Bertz CT molecular complexity index is 708. The Hall–Kier alpha value is -2.04. The lowest BCUT2D eigenvalue weighted by molar-refractivity contribution is -0.140. The molecular weight excluding hydrogens is 316 g/mol. The summed E-state index contributed by atoms with van der Waals surface area (Å²) in [5.41, 5.74) is 2.53. The summed E-state index contributed by atoms with van der Waals surface area (Å²) in [6.07, 6.45) is 2.17. The molecule has 0 spiro atoms. The van der Waals surface area contributed by atoms with Crippen molar-refractivity contribution < 1.29 is 14.3 Å². The molecule has 3 fully saturated rings. The number of carbonyl (C=O) groups excluding carboxylic acids is 2. The van der Waals surface area contributed by atoms with Crippen LogP contribution in [0.15, 0.2) is 24.3 Å². The third kappa shape index (κ3) is 2.70. The average Bonchev–Trinajstić information content (AvgIpc) is 3.13. The summed E-state index contributed by atoms with van der Waals surface area (Å²) >= 11 is 0. The zero-order chi connectivity index (χ0) is 17.8. The van der Waals surface area contributed by atoms with Crippen LogP contribution >= 0.6 is 0 Å². The van der Waals surface area contributed by atoms with E-state index in [-0.39, 0.29) is 22.8 Å². The fourth-order valence-corrected chi connectivity index (χ4v) is 4.84. The topological polar surface area (TPSA) is 58.6 Å². The molecule has 25 heavy (non-hydrogen) atoms. The van der Waals surface area contributed by atoms with Crippen molar-refractivity contribution in [2.75, 3.05) is 20.2 Å². The summed E-state index contributed by atoms with van der Waals surface area (Å²) in [5.74, 6) is 0.886. The predicted molar refractivity (Wildman–Crippen MR) is 94.2 cm³/mol. The van der Waals surface area contributed by atoms with Crippen LogP contribution in [0, 0.1) is 18.8 Å². The molecule has 4 rings (SSSR count). The number of piperidine rings is 1. The van der Waals surface area contributed by atoms with Gasteiger partial charge in [-0.1, -0.05) is 29.8 Å². The first-order valence-electron chi connectivity index (χ1n) is 9.07. The van der Waals surface area contributed by atoms with E-state index in [9.17, 15) is 9.59 Å². The van der Waals surface area contributed by atoms with E-state index < -0.39 is 6.09 Å². The van der Waals surface area contributed by atoms with Crippen molar-refractivity contribution in [1.29, 1.82) is 0 Å². The fourth-order valence-electron chi connectivity index (χ4n) is 4.84. The second-order valence-corrected chi connectivity index (χ2v) is 8.42. The molecule has 2 saturated carbocycles. The summed E-state index contributed by atoms with van der Waals surface area (Å²) in [5, 5.41) is 2.84. The lowest BCUT2D eigenvalue weighted by Crippen LogP contribution is -2.58. The number of hydrogen-bond acceptors (Lipinski definition) is 3. The number of hydrogen-bond donors (Lipinski definition) is 1. The number of methoxy groups -OCH3 is 1. The molecule has 2 aliphatic carbocycles. The molecule has 1 aliphatic heterocycles. The second-order valence-electron chi connectivity index (χ2n) is 8.42. The van der Waals surface area contributed by atoms with Gasteiger partial charge in [-0.15, -0.1) is 0 Å². The van der Waals surface area contributed by atoms with E-state index in [2.05, 4.69) is 46.1 Å². The molecule has 1 N–H and O–H groups in total. The number of fused-ring (bicyclic) bond motifs is 1. The number of aryl methyl sites for hydroxylation is 1. The van der Waals surface area contributed by atoms with Crippen molar-refractivity contribution in [2.24, 2.45) is 11.8 Å². The zero-order valence-electron chi connectivity index (χ0n) is 15.2. The quantitative estimate of drug-likeness (QED) is 0.919. The molecule has 5 heteroatoms. The maximum atomic E-state index is 12.8. The lowest BCUT2D eigenvalue weighted by Gasteiger charge is -2.45. The van der Waals surface area contributed by atoms with E-state index >= 15 is 0 Å². The van der Waals surface area contributed by atoms with Gasteiger partial charge in [0.15, 0.2) is 0 Å². The molecule has 5 nitrogen and oxygen atoms in total. The van der Waals surface area contributed by atoms with Gasteiger partial charge in [0.05, 0.1) is 7.11 Å². The van der Waals surface area contributed by atoms with Gasteiger partial charge in [-0.25, -0.2) is 4.79 Å².